The fourth-order valence-corrected chi connectivity index (χ4v) is 3.36. The van der Waals surface area contributed by atoms with Crippen molar-refractivity contribution in [2.45, 2.75) is 38.1 Å². The van der Waals surface area contributed by atoms with Gasteiger partial charge in [-0.05, 0) is 56.2 Å². The van der Waals surface area contributed by atoms with Crippen LogP contribution in [0.25, 0.3) is 10.9 Å². The third-order valence-electron chi connectivity index (χ3n) is 4.46. The highest BCUT2D eigenvalue weighted by Gasteiger charge is 2.24. The first-order valence-corrected chi connectivity index (χ1v) is 8.10. The Morgan fingerprint density at radius 2 is 2.14 bits per heavy atom. The molecule has 3 rings (SSSR count). The summed E-state index contributed by atoms with van der Waals surface area (Å²) in [5, 5.41) is 20.4. The maximum absolute atomic E-state index is 12.4. The largest absolute Gasteiger partial charge is 0.396 e. The van der Waals surface area contributed by atoms with Gasteiger partial charge in [0.2, 0.25) is 0 Å². The first kappa shape index (κ1) is 15.3. The zero-order chi connectivity index (χ0) is 15.5. The number of hydrogen-bond acceptors (Lipinski definition) is 3. The van der Waals surface area contributed by atoms with Gasteiger partial charge in [-0.15, -0.1) is 0 Å². The number of nitrogens with one attached hydrogen (secondary N) is 2. The van der Waals surface area contributed by atoms with Crippen LogP contribution in [0.4, 0.5) is 0 Å². The molecule has 1 saturated carbocycles. The van der Waals surface area contributed by atoms with Crippen LogP contribution in [0.15, 0.2) is 18.2 Å². The van der Waals surface area contributed by atoms with Crippen LogP contribution in [0.5, 0.6) is 0 Å². The summed E-state index contributed by atoms with van der Waals surface area (Å²) in [7, 11) is 0. The second kappa shape index (κ2) is 6.67. The van der Waals surface area contributed by atoms with Crippen LogP contribution in [0.2, 0.25) is 5.02 Å². The molecule has 0 radical (unpaired) electrons. The number of hydrogen-bond donors (Lipinski definition) is 3. The number of rotatable bonds is 4. The molecule has 118 valence electrons. The Kier molecular flexibility index (Phi) is 4.64. The monoisotopic (exact) mass is 321 g/mol. The molecule has 22 heavy (non-hydrogen) atoms. The number of aromatic nitrogens is 2. The maximum Gasteiger partial charge on any atom is 0.272 e. The molecule has 1 heterocycles. The number of H-pyrrole nitrogens is 1. The Hall–Kier alpha value is -1.59. The molecule has 6 heteroatoms. The third kappa shape index (κ3) is 3.25. The summed E-state index contributed by atoms with van der Waals surface area (Å²) in [5.41, 5.74) is 1.20. The predicted octanol–water partition coefficient (Wildman–Crippen LogP) is 2.89. The smallest absolute Gasteiger partial charge is 0.272 e. The zero-order valence-corrected chi connectivity index (χ0v) is 13.1. The molecule has 2 aromatic rings. The molecule has 1 aliphatic rings. The summed E-state index contributed by atoms with van der Waals surface area (Å²) in [6, 6.07) is 5.54. The molecule has 1 aromatic heterocycles. The van der Waals surface area contributed by atoms with Gasteiger partial charge in [0.15, 0.2) is 5.69 Å². The van der Waals surface area contributed by atoms with Crippen molar-refractivity contribution >= 4 is 28.4 Å². The van der Waals surface area contributed by atoms with E-state index in [9.17, 15) is 4.79 Å². The molecule has 1 aromatic carbocycles. The van der Waals surface area contributed by atoms with Crippen molar-refractivity contribution in [2.75, 3.05) is 6.61 Å². The fraction of sp³-hybridized carbons (Fsp3) is 0.500. The number of nitrogens with zero attached hydrogens (tertiary/aromatic N) is 1. The predicted molar refractivity (Wildman–Crippen MR) is 86.0 cm³/mol. The minimum absolute atomic E-state index is 0.154. The number of benzene rings is 1. The lowest BCUT2D eigenvalue weighted by Crippen LogP contribution is -2.38. The Morgan fingerprint density at radius 1 is 1.36 bits per heavy atom. The molecule has 5 nitrogen and oxygen atoms in total. The van der Waals surface area contributed by atoms with Crippen LogP contribution in [-0.2, 0) is 0 Å². The average molecular weight is 322 g/mol. The van der Waals surface area contributed by atoms with Gasteiger partial charge in [-0.3, -0.25) is 9.89 Å². The van der Waals surface area contributed by atoms with Gasteiger partial charge in [-0.2, -0.15) is 5.10 Å². The highest BCUT2D eigenvalue weighted by atomic mass is 35.5. The van der Waals surface area contributed by atoms with E-state index < -0.39 is 0 Å². The lowest BCUT2D eigenvalue weighted by atomic mass is 9.84. The second-order valence-electron chi connectivity index (χ2n) is 5.97. The molecular formula is C16H20ClN3O2. The van der Waals surface area contributed by atoms with Crippen LogP contribution in [-0.4, -0.2) is 33.9 Å². The summed E-state index contributed by atoms with van der Waals surface area (Å²) in [6.45, 7) is 0.252. The second-order valence-corrected chi connectivity index (χ2v) is 6.40. The van der Waals surface area contributed by atoms with Gasteiger partial charge >= 0.3 is 0 Å². The van der Waals surface area contributed by atoms with E-state index in [4.69, 9.17) is 16.7 Å². The van der Waals surface area contributed by atoms with Crippen molar-refractivity contribution in [3.63, 3.8) is 0 Å². The fourth-order valence-electron chi connectivity index (χ4n) is 3.19. The standard InChI is InChI=1S/C16H20ClN3O2/c17-11-3-6-14-13(9-11)15(20-19-14)16(22)18-12-4-1-10(2-5-12)7-8-21/h3,6,9-10,12,21H,1-2,4-5,7-8H2,(H,18,22)(H,19,20). The van der Waals surface area contributed by atoms with E-state index in [1.54, 1.807) is 12.1 Å². The molecular weight excluding hydrogens is 302 g/mol. The van der Waals surface area contributed by atoms with Crippen LogP contribution in [0, 0.1) is 5.92 Å². The Bertz CT molecular complexity index is 662. The number of fused-ring (bicyclic) bond motifs is 1. The van der Waals surface area contributed by atoms with Gasteiger partial charge in [0.25, 0.3) is 5.91 Å². The van der Waals surface area contributed by atoms with Crippen molar-refractivity contribution in [3.05, 3.63) is 28.9 Å². The average Bonchev–Trinajstić information content (AvgIpc) is 2.92. The molecule has 0 unspecified atom stereocenters. The topological polar surface area (TPSA) is 78.0 Å². The van der Waals surface area contributed by atoms with E-state index in [0.717, 1.165) is 43.0 Å². The van der Waals surface area contributed by atoms with Gasteiger partial charge in [-0.1, -0.05) is 11.6 Å². The number of carbonyl (C=O) groups is 1. The summed E-state index contributed by atoms with van der Waals surface area (Å²) in [4.78, 5) is 12.4. The van der Waals surface area contributed by atoms with Crippen molar-refractivity contribution < 1.29 is 9.90 Å². The lowest BCUT2D eigenvalue weighted by Gasteiger charge is -2.28. The summed E-state index contributed by atoms with van der Waals surface area (Å²) < 4.78 is 0. The molecule has 1 fully saturated rings. The minimum atomic E-state index is -0.154. The molecule has 0 aliphatic heterocycles. The number of amides is 1. The molecule has 1 aliphatic carbocycles. The quantitative estimate of drug-likeness (QED) is 0.810. The van der Waals surface area contributed by atoms with Gasteiger partial charge in [-0.25, -0.2) is 0 Å². The van der Waals surface area contributed by atoms with Crippen molar-refractivity contribution in [3.8, 4) is 0 Å². The van der Waals surface area contributed by atoms with Gasteiger partial charge in [0.1, 0.15) is 0 Å². The molecule has 1 amide bonds. The van der Waals surface area contributed by atoms with Crippen LogP contribution in [0.1, 0.15) is 42.6 Å². The van der Waals surface area contributed by atoms with Gasteiger partial charge in [0.05, 0.1) is 5.52 Å². The SMILES string of the molecule is O=C(NC1CCC(CCO)CC1)c1n[nH]c2ccc(Cl)cc12. The Morgan fingerprint density at radius 3 is 2.86 bits per heavy atom. The summed E-state index contributed by atoms with van der Waals surface area (Å²) >= 11 is 6.00. The molecule has 3 N–H and O–H groups in total. The molecule has 0 atom stereocenters. The molecule has 0 spiro atoms. The number of aliphatic hydroxyl groups is 1. The zero-order valence-electron chi connectivity index (χ0n) is 12.3. The number of aliphatic hydroxyl groups excluding tert-OH is 1. The van der Waals surface area contributed by atoms with E-state index in [0.29, 0.717) is 16.6 Å². The van der Waals surface area contributed by atoms with Crippen molar-refractivity contribution in [2.24, 2.45) is 5.92 Å². The summed E-state index contributed by atoms with van der Waals surface area (Å²) in [6.07, 6.45) is 4.89. The number of aromatic amines is 1. The number of carbonyl (C=O) groups excluding carboxylic acids is 1. The first-order chi connectivity index (χ1) is 10.7. The highest BCUT2D eigenvalue weighted by Crippen LogP contribution is 2.27. The lowest BCUT2D eigenvalue weighted by molar-refractivity contribution is 0.0915. The van der Waals surface area contributed by atoms with E-state index in [1.165, 1.54) is 0 Å². The Balaban J connectivity index is 1.65. The van der Waals surface area contributed by atoms with Crippen LogP contribution >= 0.6 is 11.6 Å². The van der Waals surface area contributed by atoms with Crippen LogP contribution in [0.3, 0.4) is 0 Å². The van der Waals surface area contributed by atoms with Crippen molar-refractivity contribution in [1.29, 1.82) is 0 Å². The van der Waals surface area contributed by atoms with E-state index in [2.05, 4.69) is 15.5 Å². The molecule has 0 saturated heterocycles. The minimum Gasteiger partial charge on any atom is -0.396 e. The van der Waals surface area contributed by atoms with Gasteiger partial charge in [0, 0.05) is 23.1 Å². The van der Waals surface area contributed by atoms with Gasteiger partial charge < -0.3 is 10.4 Å². The van der Waals surface area contributed by atoms with E-state index in [-0.39, 0.29) is 18.6 Å². The highest BCUT2D eigenvalue weighted by molar-refractivity contribution is 6.31. The van der Waals surface area contributed by atoms with E-state index in [1.807, 2.05) is 6.07 Å². The maximum atomic E-state index is 12.4. The Labute approximate surface area is 134 Å². The normalized spacial score (nSPS) is 21.9. The number of halogens is 1. The van der Waals surface area contributed by atoms with Crippen molar-refractivity contribution in [1.82, 2.24) is 15.5 Å². The molecule has 0 bridgehead atoms. The van der Waals surface area contributed by atoms with E-state index >= 15 is 0 Å². The first-order valence-electron chi connectivity index (χ1n) is 7.72. The van der Waals surface area contributed by atoms with Crippen LogP contribution < -0.4 is 5.32 Å². The summed E-state index contributed by atoms with van der Waals surface area (Å²) in [5.74, 6) is 0.433. The third-order valence-corrected chi connectivity index (χ3v) is 4.69.